The normalized spacial score (nSPS) is 15.4. The Bertz CT molecular complexity index is 1010. The number of sulfonamides is 1. The third-order valence-electron chi connectivity index (χ3n) is 4.31. The molecule has 0 saturated carbocycles. The van der Waals surface area contributed by atoms with Gasteiger partial charge in [-0.05, 0) is 28.1 Å². The third kappa shape index (κ3) is 4.14. The van der Waals surface area contributed by atoms with Crippen LogP contribution in [0.25, 0.3) is 0 Å². The average Bonchev–Trinajstić information content (AvgIpc) is 3.22. The number of amides is 2. The second-order valence-electron chi connectivity index (χ2n) is 6.25. The molecule has 2 aromatic rings. The minimum absolute atomic E-state index is 0.0136. The van der Waals surface area contributed by atoms with Gasteiger partial charge >= 0.3 is 0 Å². The van der Waals surface area contributed by atoms with Gasteiger partial charge in [-0.15, -0.1) is 0 Å². The zero-order chi connectivity index (χ0) is 20.5. The van der Waals surface area contributed by atoms with Crippen molar-refractivity contribution in [1.29, 1.82) is 0 Å². The Kier molecular flexibility index (Phi) is 5.93. The van der Waals surface area contributed by atoms with Crippen LogP contribution in [-0.4, -0.2) is 60.0 Å². The number of aromatic nitrogens is 2. The quantitative estimate of drug-likeness (QED) is 0.616. The number of hydrogen-bond acceptors (Lipinski definition) is 5. The zero-order valence-corrected chi connectivity index (χ0v) is 17.7. The maximum absolute atomic E-state index is 12.7. The predicted octanol–water partition coefficient (Wildman–Crippen LogP) is 0.222. The minimum Gasteiger partial charge on any atom is -0.379 e. The summed E-state index contributed by atoms with van der Waals surface area (Å²) in [6.45, 7) is 1.20. The lowest BCUT2D eigenvalue weighted by Gasteiger charge is -2.25. The van der Waals surface area contributed by atoms with Gasteiger partial charge in [0.25, 0.3) is 11.8 Å². The summed E-state index contributed by atoms with van der Waals surface area (Å²) in [6.07, 6.45) is 3.08. The number of rotatable bonds is 4. The first-order valence-corrected chi connectivity index (χ1v) is 10.6. The number of nitrogens with one attached hydrogen (secondary N) is 2. The Labute approximate surface area is 170 Å². The molecule has 28 heavy (non-hydrogen) atoms. The Morgan fingerprint density at radius 2 is 1.54 bits per heavy atom. The number of carbonyl (C=O) groups is 2. The lowest BCUT2D eigenvalue weighted by atomic mass is 10.4. The Balaban J connectivity index is 1.71. The lowest BCUT2D eigenvalue weighted by molar-refractivity contribution is 0.0730. The summed E-state index contributed by atoms with van der Waals surface area (Å²) in [5, 5.41) is 0. The minimum atomic E-state index is -3.72. The van der Waals surface area contributed by atoms with Crippen LogP contribution in [0.4, 0.5) is 0 Å². The molecular formula is C16H20BrN5O5S. The van der Waals surface area contributed by atoms with Crippen molar-refractivity contribution < 1.29 is 22.7 Å². The number of halogens is 1. The van der Waals surface area contributed by atoms with Crippen LogP contribution in [-0.2, 0) is 28.9 Å². The SMILES string of the molecule is Cn1cc(Br)cc1C(=O)NNC(=O)c1cc(S(=O)(=O)N2CCOCC2)cn1C. The first-order chi connectivity index (χ1) is 13.2. The van der Waals surface area contributed by atoms with E-state index < -0.39 is 21.8 Å². The number of ether oxygens (including phenoxy) is 1. The Morgan fingerprint density at radius 3 is 2.07 bits per heavy atom. The number of nitrogens with zero attached hydrogens (tertiary/aromatic N) is 3. The zero-order valence-electron chi connectivity index (χ0n) is 15.3. The molecule has 0 unspecified atom stereocenters. The highest BCUT2D eigenvalue weighted by atomic mass is 79.9. The molecule has 12 heteroatoms. The predicted molar refractivity (Wildman–Crippen MR) is 103 cm³/mol. The van der Waals surface area contributed by atoms with Crippen molar-refractivity contribution in [2.24, 2.45) is 14.1 Å². The molecule has 2 aromatic heterocycles. The van der Waals surface area contributed by atoms with Crippen molar-refractivity contribution >= 4 is 37.8 Å². The highest BCUT2D eigenvalue weighted by Gasteiger charge is 2.29. The van der Waals surface area contributed by atoms with Crippen LogP contribution in [0.1, 0.15) is 21.0 Å². The Hall–Kier alpha value is -2.15. The molecule has 152 valence electrons. The summed E-state index contributed by atoms with van der Waals surface area (Å²) < 4.78 is 35.7. The van der Waals surface area contributed by atoms with Crippen LogP contribution in [0.5, 0.6) is 0 Å². The van der Waals surface area contributed by atoms with Crippen LogP contribution in [0.2, 0.25) is 0 Å². The van der Waals surface area contributed by atoms with E-state index in [0.717, 1.165) is 4.47 Å². The van der Waals surface area contributed by atoms with E-state index in [4.69, 9.17) is 4.74 Å². The highest BCUT2D eigenvalue weighted by molar-refractivity contribution is 9.10. The molecule has 2 amide bonds. The average molecular weight is 474 g/mol. The lowest BCUT2D eigenvalue weighted by Crippen LogP contribution is -2.42. The number of aryl methyl sites for hydroxylation is 2. The molecule has 0 atom stereocenters. The second-order valence-corrected chi connectivity index (χ2v) is 9.10. The fourth-order valence-corrected chi connectivity index (χ4v) is 4.83. The molecule has 0 aromatic carbocycles. The summed E-state index contributed by atoms with van der Waals surface area (Å²) in [6, 6.07) is 2.89. The van der Waals surface area contributed by atoms with E-state index in [0.29, 0.717) is 18.9 Å². The van der Waals surface area contributed by atoms with Gasteiger partial charge in [-0.3, -0.25) is 20.4 Å². The fourth-order valence-electron chi connectivity index (χ4n) is 2.83. The van der Waals surface area contributed by atoms with Crippen molar-refractivity contribution in [3.8, 4) is 0 Å². The van der Waals surface area contributed by atoms with Gasteiger partial charge < -0.3 is 13.9 Å². The van der Waals surface area contributed by atoms with Crippen molar-refractivity contribution in [3.05, 3.63) is 40.4 Å². The molecule has 0 bridgehead atoms. The molecular weight excluding hydrogens is 454 g/mol. The first-order valence-electron chi connectivity index (χ1n) is 8.37. The third-order valence-corrected chi connectivity index (χ3v) is 6.61. The number of hydrogen-bond donors (Lipinski definition) is 2. The number of carbonyl (C=O) groups excluding carboxylic acids is 2. The van der Waals surface area contributed by atoms with E-state index >= 15 is 0 Å². The summed E-state index contributed by atoms with van der Waals surface area (Å²) >= 11 is 3.27. The molecule has 1 aliphatic heterocycles. The first kappa shape index (κ1) is 20.6. The molecule has 3 rings (SSSR count). The Morgan fingerprint density at radius 1 is 1.00 bits per heavy atom. The van der Waals surface area contributed by atoms with E-state index in [1.54, 1.807) is 30.9 Å². The van der Waals surface area contributed by atoms with Crippen LogP contribution >= 0.6 is 15.9 Å². The van der Waals surface area contributed by atoms with Gasteiger partial charge in [-0.2, -0.15) is 4.31 Å². The molecule has 1 saturated heterocycles. The maximum atomic E-state index is 12.7. The fraction of sp³-hybridized carbons (Fsp3) is 0.375. The molecule has 0 spiro atoms. The van der Waals surface area contributed by atoms with Crippen LogP contribution in [0, 0.1) is 0 Å². The molecule has 10 nitrogen and oxygen atoms in total. The van der Waals surface area contributed by atoms with Crippen molar-refractivity contribution in [2.75, 3.05) is 26.3 Å². The molecule has 3 heterocycles. The highest BCUT2D eigenvalue weighted by Crippen LogP contribution is 2.19. The molecule has 2 N–H and O–H groups in total. The summed E-state index contributed by atoms with van der Waals surface area (Å²) in [5.41, 5.74) is 5.06. The number of morpholine rings is 1. The van der Waals surface area contributed by atoms with Gasteiger partial charge in [0.1, 0.15) is 16.3 Å². The van der Waals surface area contributed by atoms with Gasteiger partial charge in [0, 0.05) is 44.1 Å². The van der Waals surface area contributed by atoms with Crippen molar-refractivity contribution in [1.82, 2.24) is 24.3 Å². The summed E-state index contributed by atoms with van der Waals surface area (Å²) in [7, 11) is -0.463. The molecule has 0 radical (unpaired) electrons. The van der Waals surface area contributed by atoms with Gasteiger partial charge in [-0.1, -0.05) is 0 Å². The van der Waals surface area contributed by atoms with Crippen LogP contribution in [0.15, 0.2) is 33.9 Å². The summed E-state index contributed by atoms with van der Waals surface area (Å²) in [5.74, 6) is -1.13. The smallest absolute Gasteiger partial charge is 0.286 e. The van der Waals surface area contributed by atoms with Gasteiger partial charge in [0.15, 0.2) is 0 Å². The molecule has 1 fully saturated rings. The van der Waals surface area contributed by atoms with E-state index in [9.17, 15) is 18.0 Å². The van der Waals surface area contributed by atoms with E-state index in [1.807, 2.05) is 0 Å². The standard InChI is InChI=1S/C16H20BrN5O5S/c1-20-9-11(17)7-13(20)15(23)18-19-16(24)14-8-12(10-21(14)2)28(25,26)22-3-5-27-6-4-22/h7-10H,3-6H2,1-2H3,(H,18,23)(H,19,24). The second kappa shape index (κ2) is 8.07. The van der Waals surface area contributed by atoms with Gasteiger partial charge in [0.2, 0.25) is 10.0 Å². The van der Waals surface area contributed by atoms with Gasteiger partial charge in [0.05, 0.1) is 13.2 Å². The van der Waals surface area contributed by atoms with Gasteiger partial charge in [-0.25, -0.2) is 8.42 Å². The topological polar surface area (TPSA) is 115 Å². The summed E-state index contributed by atoms with van der Waals surface area (Å²) in [4.78, 5) is 24.6. The van der Waals surface area contributed by atoms with E-state index in [1.165, 1.54) is 21.1 Å². The van der Waals surface area contributed by atoms with Crippen molar-refractivity contribution in [2.45, 2.75) is 4.90 Å². The van der Waals surface area contributed by atoms with Crippen molar-refractivity contribution in [3.63, 3.8) is 0 Å². The maximum Gasteiger partial charge on any atom is 0.286 e. The monoisotopic (exact) mass is 473 g/mol. The molecule has 1 aliphatic rings. The van der Waals surface area contributed by atoms with E-state index in [2.05, 4.69) is 26.8 Å². The van der Waals surface area contributed by atoms with E-state index in [-0.39, 0.29) is 23.7 Å². The molecule has 0 aliphatic carbocycles. The van der Waals surface area contributed by atoms with Crippen LogP contribution in [0.3, 0.4) is 0 Å². The largest absolute Gasteiger partial charge is 0.379 e. The number of hydrazine groups is 1. The van der Waals surface area contributed by atoms with Crippen LogP contribution < -0.4 is 10.9 Å².